The standard InChI is InChI=1S/C22H26N4O2/c1-24-9-5-8-18(24)19(27)21(28)23-20-16-12-25-10-11-26(13-16)15-22(20,14-25)17-6-3-2-4-7-17/h2-9,16,20H,10-15H2,1H3,(H,23,28). The molecular weight excluding hydrogens is 352 g/mol. The van der Waals surface area contributed by atoms with Gasteiger partial charge in [-0.2, -0.15) is 0 Å². The van der Waals surface area contributed by atoms with Crippen molar-refractivity contribution in [1.82, 2.24) is 19.7 Å². The molecule has 4 bridgehead atoms. The average Bonchev–Trinajstić information content (AvgIpc) is 2.97. The molecule has 4 saturated heterocycles. The Morgan fingerprint density at radius 1 is 1.00 bits per heavy atom. The molecule has 4 fully saturated rings. The smallest absolute Gasteiger partial charge is 0.294 e. The number of nitrogens with zero attached hydrogens (tertiary/aromatic N) is 3. The van der Waals surface area contributed by atoms with E-state index in [-0.39, 0.29) is 11.5 Å². The van der Waals surface area contributed by atoms with Crippen LogP contribution in [-0.2, 0) is 17.3 Å². The lowest BCUT2D eigenvalue weighted by molar-refractivity contribution is -0.120. The molecule has 0 radical (unpaired) electrons. The molecule has 4 aliphatic rings. The fraction of sp³-hybridized carbons (Fsp3) is 0.455. The van der Waals surface area contributed by atoms with Gasteiger partial charge in [0.25, 0.3) is 11.7 Å². The van der Waals surface area contributed by atoms with Crippen LogP contribution in [0.15, 0.2) is 48.7 Å². The topological polar surface area (TPSA) is 57.6 Å². The van der Waals surface area contributed by atoms with Gasteiger partial charge in [-0.05, 0) is 17.7 Å². The van der Waals surface area contributed by atoms with Crippen molar-refractivity contribution in [2.75, 3.05) is 39.3 Å². The van der Waals surface area contributed by atoms with E-state index in [0.717, 1.165) is 39.3 Å². The Labute approximate surface area is 165 Å². The molecule has 1 aromatic heterocycles. The second-order valence-electron chi connectivity index (χ2n) is 8.54. The molecule has 6 heteroatoms. The summed E-state index contributed by atoms with van der Waals surface area (Å²) in [5, 5.41) is 3.19. The summed E-state index contributed by atoms with van der Waals surface area (Å²) in [5.41, 5.74) is 1.51. The fourth-order valence-corrected chi connectivity index (χ4v) is 5.59. The molecule has 2 aromatic rings. The SMILES string of the molecule is Cn1cccc1C(=O)C(=O)NC1C2CN3CCN(C2)CC1(c1ccccc1)C3. The summed E-state index contributed by atoms with van der Waals surface area (Å²) in [7, 11) is 1.79. The Morgan fingerprint density at radius 3 is 2.29 bits per heavy atom. The Balaban J connectivity index is 1.49. The molecule has 1 N–H and O–H groups in total. The van der Waals surface area contributed by atoms with Crippen molar-refractivity contribution in [3.05, 3.63) is 59.9 Å². The lowest BCUT2D eigenvalue weighted by Gasteiger charge is -2.55. The van der Waals surface area contributed by atoms with E-state index in [1.54, 1.807) is 29.9 Å². The van der Waals surface area contributed by atoms with E-state index in [0.29, 0.717) is 11.6 Å². The average molecular weight is 378 g/mol. The molecule has 6 rings (SSSR count). The minimum atomic E-state index is -0.488. The third-order valence-corrected chi connectivity index (χ3v) is 6.81. The molecule has 6 nitrogen and oxygen atoms in total. The monoisotopic (exact) mass is 378 g/mol. The van der Waals surface area contributed by atoms with Crippen LogP contribution >= 0.6 is 0 Å². The third kappa shape index (κ3) is 2.71. The maximum atomic E-state index is 12.9. The Kier molecular flexibility index (Phi) is 4.14. The number of piperidine rings is 2. The number of hydrogen-bond donors (Lipinski definition) is 1. The number of benzene rings is 1. The number of fused-ring (bicyclic) bond motifs is 1. The second-order valence-corrected chi connectivity index (χ2v) is 8.54. The predicted molar refractivity (Wildman–Crippen MR) is 106 cm³/mol. The van der Waals surface area contributed by atoms with Gasteiger partial charge in [0.2, 0.25) is 0 Å². The minimum absolute atomic E-state index is 0.0304. The number of aromatic nitrogens is 1. The molecular formula is C22H26N4O2. The molecule has 1 amide bonds. The van der Waals surface area contributed by atoms with Crippen molar-refractivity contribution in [2.24, 2.45) is 13.0 Å². The van der Waals surface area contributed by atoms with Gasteiger partial charge in [-0.1, -0.05) is 30.3 Å². The van der Waals surface area contributed by atoms with Crippen LogP contribution in [-0.4, -0.2) is 71.4 Å². The van der Waals surface area contributed by atoms with E-state index in [1.165, 1.54) is 5.56 Å². The van der Waals surface area contributed by atoms with Crippen LogP contribution in [0, 0.1) is 5.92 Å². The third-order valence-electron chi connectivity index (χ3n) is 6.81. The minimum Gasteiger partial charge on any atom is -0.348 e. The Hall–Kier alpha value is -2.44. The maximum Gasteiger partial charge on any atom is 0.294 e. The number of aryl methyl sites for hydroxylation is 1. The lowest BCUT2D eigenvalue weighted by atomic mass is 9.64. The first-order valence-electron chi connectivity index (χ1n) is 10.0. The Bertz CT molecular complexity index is 890. The number of amides is 1. The zero-order valence-corrected chi connectivity index (χ0v) is 16.2. The molecule has 0 aliphatic carbocycles. The van der Waals surface area contributed by atoms with Crippen molar-refractivity contribution in [2.45, 2.75) is 11.5 Å². The van der Waals surface area contributed by atoms with E-state index in [4.69, 9.17) is 0 Å². The quantitative estimate of drug-likeness (QED) is 0.634. The summed E-state index contributed by atoms with van der Waals surface area (Å²) in [6, 6.07) is 14.0. The first-order valence-corrected chi connectivity index (χ1v) is 10.0. The molecule has 146 valence electrons. The summed E-state index contributed by atoms with van der Waals surface area (Å²) in [6.07, 6.45) is 1.79. The highest BCUT2D eigenvalue weighted by Crippen LogP contribution is 2.43. The zero-order valence-electron chi connectivity index (χ0n) is 16.2. The molecule has 3 atom stereocenters. The van der Waals surface area contributed by atoms with E-state index in [1.807, 2.05) is 6.07 Å². The molecule has 1 aromatic carbocycles. The number of hydrogen-bond acceptors (Lipinski definition) is 4. The maximum absolute atomic E-state index is 12.9. The van der Waals surface area contributed by atoms with Crippen molar-refractivity contribution < 1.29 is 9.59 Å². The van der Waals surface area contributed by atoms with Gasteiger partial charge in [0.05, 0.1) is 5.69 Å². The van der Waals surface area contributed by atoms with Gasteiger partial charge in [0, 0.05) is 69.9 Å². The van der Waals surface area contributed by atoms with Gasteiger partial charge in [-0.25, -0.2) is 0 Å². The van der Waals surface area contributed by atoms with Crippen molar-refractivity contribution in [1.29, 1.82) is 0 Å². The predicted octanol–water partition coefficient (Wildman–Crippen LogP) is 0.892. The molecule has 0 spiro atoms. The summed E-state index contributed by atoms with van der Waals surface area (Å²) >= 11 is 0. The second kappa shape index (κ2) is 6.57. The highest BCUT2D eigenvalue weighted by atomic mass is 16.2. The molecule has 28 heavy (non-hydrogen) atoms. The largest absolute Gasteiger partial charge is 0.348 e. The van der Waals surface area contributed by atoms with E-state index in [2.05, 4.69) is 39.4 Å². The number of Topliss-reactive ketones (excluding diaryl/α,β-unsaturated/α-hetero) is 1. The summed E-state index contributed by atoms with van der Waals surface area (Å²) in [6.45, 7) is 5.96. The Morgan fingerprint density at radius 2 is 1.68 bits per heavy atom. The first-order chi connectivity index (χ1) is 13.6. The zero-order chi connectivity index (χ0) is 19.3. The molecule has 4 aliphatic heterocycles. The molecule has 3 unspecified atom stereocenters. The molecule has 5 heterocycles. The molecule has 0 saturated carbocycles. The van der Waals surface area contributed by atoms with Crippen LogP contribution in [0.25, 0.3) is 0 Å². The van der Waals surface area contributed by atoms with Crippen LogP contribution in [0.4, 0.5) is 0 Å². The number of nitrogens with one attached hydrogen (secondary N) is 1. The van der Waals surface area contributed by atoms with Gasteiger partial charge in [-0.15, -0.1) is 0 Å². The van der Waals surface area contributed by atoms with Crippen LogP contribution in [0.3, 0.4) is 0 Å². The van der Waals surface area contributed by atoms with Gasteiger partial charge in [0.15, 0.2) is 0 Å². The van der Waals surface area contributed by atoms with Crippen LogP contribution in [0.2, 0.25) is 0 Å². The van der Waals surface area contributed by atoms with Crippen LogP contribution < -0.4 is 5.32 Å². The van der Waals surface area contributed by atoms with E-state index < -0.39 is 11.7 Å². The van der Waals surface area contributed by atoms with E-state index in [9.17, 15) is 9.59 Å². The van der Waals surface area contributed by atoms with E-state index >= 15 is 0 Å². The highest BCUT2D eigenvalue weighted by molar-refractivity contribution is 6.42. The number of ketones is 1. The van der Waals surface area contributed by atoms with Gasteiger partial charge in [-0.3, -0.25) is 9.59 Å². The fourth-order valence-electron chi connectivity index (χ4n) is 5.59. The summed E-state index contributed by atoms with van der Waals surface area (Å²) < 4.78 is 1.70. The normalized spacial score (nSPS) is 33.5. The van der Waals surface area contributed by atoms with Crippen molar-refractivity contribution in [3.8, 4) is 0 Å². The number of carbonyl (C=O) groups excluding carboxylic acids is 2. The van der Waals surface area contributed by atoms with Crippen LogP contribution in [0.1, 0.15) is 16.1 Å². The van der Waals surface area contributed by atoms with Crippen molar-refractivity contribution >= 4 is 11.7 Å². The van der Waals surface area contributed by atoms with Crippen LogP contribution in [0.5, 0.6) is 0 Å². The van der Waals surface area contributed by atoms with Gasteiger partial charge in [0.1, 0.15) is 0 Å². The summed E-state index contributed by atoms with van der Waals surface area (Å²) in [4.78, 5) is 30.8. The number of rotatable bonds is 4. The first kappa shape index (κ1) is 17.6. The highest BCUT2D eigenvalue weighted by Gasteiger charge is 2.55. The summed E-state index contributed by atoms with van der Waals surface area (Å²) in [5.74, 6) is -0.614. The van der Waals surface area contributed by atoms with Gasteiger partial charge >= 0.3 is 0 Å². The van der Waals surface area contributed by atoms with Gasteiger partial charge < -0.3 is 19.7 Å². The number of carbonyl (C=O) groups is 2. The van der Waals surface area contributed by atoms with Crippen molar-refractivity contribution in [3.63, 3.8) is 0 Å². The lowest BCUT2D eigenvalue weighted by Crippen LogP contribution is -2.71.